The highest BCUT2D eigenvalue weighted by atomic mass is 15.0. The van der Waals surface area contributed by atoms with E-state index in [1.165, 1.54) is 6.20 Å². The third kappa shape index (κ3) is 1.10. The van der Waals surface area contributed by atoms with Crippen LogP contribution < -0.4 is 16.9 Å². The van der Waals surface area contributed by atoms with Crippen LogP contribution in [0.2, 0.25) is 0 Å². The zero-order chi connectivity index (χ0) is 6.85. The minimum absolute atomic E-state index is 0.140. The third-order valence-corrected chi connectivity index (χ3v) is 0.867. The summed E-state index contributed by atoms with van der Waals surface area (Å²) in [7, 11) is 5.28. The van der Waals surface area contributed by atoms with Crippen molar-refractivity contribution in [2.24, 2.45) is 0 Å². The molecule has 1 aromatic rings. The summed E-state index contributed by atoms with van der Waals surface area (Å²) in [6, 6.07) is 0. The van der Waals surface area contributed by atoms with Crippen LogP contribution in [0.3, 0.4) is 0 Å². The number of hydrogen-bond acceptors (Lipinski definition) is 4. The van der Waals surface area contributed by atoms with Gasteiger partial charge in [-0.05, 0) is 5.46 Å². The van der Waals surface area contributed by atoms with E-state index in [9.17, 15) is 0 Å². The third-order valence-electron chi connectivity index (χ3n) is 0.867. The lowest BCUT2D eigenvalue weighted by Gasteiger charge is -1.96. The molecule has 0 bridgehead atoms. The van der Waals surface area contributed by atoms with Crippen molar-refractivity contribution in [1.82, 2.24) is 9.97 Å². The number of nitrogens with two attached hydrogens (primary N) is 2. The summed E-state index contributed by atoms with van der Waals surface area (Å²) in [5, 5.41) is 0. The molecule has 4 nitrogen and oxygen atoms in total. The minimum Gasteiger partial charge on any atom is -0.384 e. The molecule has 0 aliphatic heterocycles. The standard InChI is InChI=1S/C4H5BN4/c5-2-1-8-4(7)9-3(2)6/h1H,(H4,6,7,8,9). The van der Waals surface area contributed by atoms with Gasteiger partial charge in [-0.1, -0.05) is 0 Å². The fourth-order valence-corrected chi connectivity index (χ4v) is 0.419. The molecule has 44 valence electrons. The minimum atomic E-state index is 0.140. The summed E-state index contributed by atoms with van der Waals surface area (Å²) < 4.78 is 0. The van der Waals surface area contributed by atoms with Crippen LogP contribution in [0.15, 0.2) is 6.20 Å². The highest BCUT2D eigenvalue weighted by Crippen LogP contribution is 1.90. The molecule has 9 heavy (non-hydrogen) atoms. The second kappa shape index (κ2) is 1.93. The number of nitrogens with zero attached hydrogens (tertiary/aromatic N) is 2. The Kier molecular flexibility index (Phi) is 1.26. The quantitative estimate of drug-likeness (QED) is 0.405. The van der Waals surface area contributed by atoms with Crippen molar-refractivity contribution in [3.05, 3.63) is 6.20 Å². The Morgan fingerprint density at radius 2 is 2.11 bits per heavy atom. The van der Waals surface area contributed by atoms with E-state index in [0.29, 0.717) is 5.46 Å². The Labute approximate surface area is 53.7 Å². The molecule has 0 unspecified atom stereocenters. The van der Waals surface area contributed by atoms with E-state index in [4.69, 9.17) is 19.3 Å². The number of nitrogen functional groups attached to an aromatic ring is 2. The van der Waals surface area contributed by atoms with E-state index < -0.39 is 0 Å². The first-order chi connectivity index (χ1) is 4.20. The van der Waals surface area contributed by atoms with E-state index in [2.05, 4.69) is 9.97 Å². The number of aromatic nitrogens is 2. The van der Waals surface area contributed by atoms with E-state index in [1.807, 2.05) is 0 Å². The van der Waals surface area contributed by atoms with Crippen LogP contribution in [0.4, 0.5) is 11.8 Å². The molecule has 5 heteroatoms. The number of anilines is 2. The Bertz CT molecular complexity index is 224. The van der Waals surface area contributed by atoms with Gasteiger partial charge in [0.15, 0.2) is 0 Å². The molecule has 0 amide bonds. The van der Waals surface area contributed by atoms with Gasteiger partial charge in [0.05, 0.1) is 0 Å². The van der Waals surface area contributed by atoms with Gasteiger partial charge in [-0.25, -0.2) is 4.98 Å². The van der Waals surface area contributed by atoms with Crippen molar-refractivity contribution in [2.75, 3.05) is 11.5 Å². The lowest BCUT2D eigenvalue weighted by atomic mass is 9.99. The van der Waals surface area contributed by atoms with Crippen molar-refractivity contribution >= 4 is 25.1 Å². The zero-order valence-corrected chi connectivity index (χ0v) is 4.70. The van der Waals surface area contributed by atoms with Crippen LogP contribution in [-0.4, -0.2) is 17.8 Å². The van der Waals surface area contributed by atoms with Crippen LogP contribution in [0.1, 0.15) is 0 Å². The zero-order valence-electron chi connectivity index (χ0n) is 4.70. The first kappa shape index (κ1) is 5.87. The molecule has 2 radical (unpaired) electrons. The van der Waals surface area contributed by atoms with Gasteiger partial charge in [0, 0.05) is 6.20 Å². The van der Waals surface area contributed by atoms with Crippen molar-refractivity contribution in [3.8, 4) is 0 Å². The van der Waals surface area contributed by atoms with Gasteiger partial charge in [-0.15, -0.1) is 0 Å². The number of rotatable bonds is 0. The topological polar surface area (TPSA) is 77.8 Å². The Balaban J connectivity index is 3.17. The monoisotopic (exact) mass is 120 g/mol. The molecular formula is C4H5BN4. The average Bonchev–Trinajstić information content (AvgIpc) is 1.80. The predicted molar refractivity (Wildman–Crippen MR) is 36.2 cm³/mol. The van der Waals surface area contributed by atoms with Gasteiger partial charge in [-0.2, -0.15) is 4.98 Å². The van der Waals surface area contributed by atoms with Crippen LogP contribution in [0.5, 0.6) is 0 Å². The van der Waals surface area contributed by atoms with E-state index in [0.717, 1.165) is 0 Å². The molecule has 0 spiro atoms. The summed E-state index contributed by atoms with van der Waals surface area (Å²) in [6.07, 6.45) is 1.37. The van der Waals surface area contributed by atoms with Gasteiger partial charge in [0.1, 0.15) is 13.7 Å². The van der Waals surface area contributed by atoms with Crippen LogP contribution in [-0.2, 0) is 0 Å². The first-order valence-electron chi connectivity index (χ1n) is 2.33. The maximum absolute atomic E-state index is 5.28. The van der Waals surface area contributed by atoms with Gasteiger partial charge in [0.2, 0.25) is 5.95 Å². The molecule has 0 aliphatic carbocycles. The van der Waals surface area contributed by atoms with E-state index >= 15 is 0 Å². The maximum atomic E-state index is 5.28. The fourth-order valence-electron chi connectivity index (χ4n) is 0.419. The summed E-state index contributed by atoms with van der Waals surface area (Å²) >= 11 is 0. The van der Waals surface area contributed by atoms with Crippen LogP contribution in [0, 0.1) is 0 Å². The summed E-state index contributed by atoms with van der Waals surface area (Å²) in [4.78, 5) is 7.19. The molecule has 4 N–H and O–H groups in total. The summed E-state index contributed by atoms with van der Waals surface area (Å²) in [6.45, 7) is 0. The van der Waals surface area contributed by atoms with Gasteiger partial charge in [0.25, 0.3) is 0 Å². The van der Waals surface area contributed by atoms with E-state index in [-0.39, 0.29) is 11.8 Å². The van der Waals surface area contributed by atoms with E-state index in [1.54, 1.807) is 0 Å². The normalized spacial score (nSPS) is 9.33. The second-order valence-corrected chi connectivity index (χ2v) is 1.57. The summed E-state index contributed by atoms with van der Waals surface area (Å²) in [5.74, 6) is 0.365. The van der Waals surface area contributed by atoms with Crippen molar-refractivity contribution in [1.29, 1.82) is 0 Å². The molecular weight excluding hydrogens is 115 g/mol. The Morgan fingerprint density at radius 1 is 1.44 bits per heavy atom. The molecule has 0 aliphatic rings. The molecule has 0 aromatic carbocycles. The second-order valence-electron chi connectivity index (χ2n) is 1.57. The Morgan fingerprint density at radius 3 is 2.56 bits per heavy atom. The molecule has 0 saturated heterocycles. The molecule has 1 aromatic heterocycles. The highest BCUT2D eigenvalue weighted by molar-refractivity contribution is 6.35. The van der Waals surface area contributed by atoms with Gasteiger partial charge < -0.3 is 11.5 Å². The smallest absolute Gasteiger partial charge is 0.221 e. The van der Waals surface area contributed by atoms with Crippen LogP contribution in [0.25, 0.3) is 0 Å². The van der Waals surface area contributed by atoms with Crippen molar-refractivity contribution < 1.29 is 0 Å². The van der Waals surface area contributed by atoms with Gasteiger partial charge in [-0.3, -0.25) is 0 Å². The molecule has 0 saturated carbocycles. The number of hydrogen-bond donors (Lipinski definition) is 2. The van der Waals surface area contributed by atoms with Gasteiger partial charge >= 0.3 is 0 Å². The van der Waals surface area contributed by atoms with Crippen LogP contribution >= 0.6 is 0 Å². The molecule has 1 rings (SSSR count). The lowest BCUT2D eigenvalue weighted by Crippen LogP contribution is -2.14. The first-order valence-corrected chi connectivity index (χ1v) is 2.33. The summed E-state index contributed by atoms with van der Waals surface area (Å²) in [5.41, 5.74) is 10.8. The lowest BCUT2D eigenvalue weighted by molar-refractivity contribution is 1.21. The fraction of sp³-hybridized carbons (Fsp3) is 0. The average molecular weight is 120 g/mol. The SMILES string of the molecule is [B]c1cnc(N)nc1N. The Hall–Kier alpha value is -1.26. The highest BCUT2D eigenvalue weighted by Gasteiger charge is 1.92. The van der Waals surface area contributed by atoms with Crippen molar-refractivity contribution in [3.63, 3.8) is 0 Å². The molecule has 1 heterocycles. The molecule has 0 fully saturated rings. The molecule has 0 atom stereocenters. The maximum Gasteiger partial charge on any atom is 0.221 e. The predicted octanol–water partition coefficient (Wildman–Crippen LogP) is -1.57. The largest absolute Gasteiger partial charge is 0.384 e. The van der Waals surface area contributed by atoms with Crippen molar-refractivity contribution in [2.45, 2.75) is 0 Å².